The molecular weight excluding hydrogens is 376 g/mol. The quantitative estimate of drug-likeness (QED) is 0.648. The number of nitrogens with zero attached hydrogens (tertiary/aromatic N) is 5. The summed E-state index contributed by atoms with van der Waals surface area (Å²) in [6.45, 7) is 5.09. The molecule has 3 heterocycles. The summed E-state index contributed by atoms with van der Waals surface area (Å²) in [5, 5.41) is 11.8. The summed E-state index contributed by atoms with van der Waals surface area (Å²) >= 11 is 0. The van der Waals surface area contributed by atoms with Gasteiger partial charge in [0.25, 0.3) is 5.56 Å². The lowest BCUT2D eigenvalue weighted by atomic mass is 10.1. The number of allylic oxidation sites excluding steroid dienone is 2. The number of imidazole rings is 1. The maximum atomic E-state index is 12.9. The third-order valence-electron chi connectivity index (χ3n) is 5.22. The molecule has 1 aliphatic heterocycles. The predicted molar refractivity (Wildman–Crippen MR) is 110 cm³/mol. The molecular formula is C19H28N6O4. The van der Waals surface area contributed by atoms with Crippen LogP contribution in [0.3, 0.4) is 0 Å². The minimum absolute atomic E-state index is 0.119. The van der Waals surface area contributed by atoms with Crippen LogP contribution >= 0.6 is 0 Å². The maximum Gasteiger partial charge on any atom is 0.332 e. The van der Waals surface area contributed by atoms with Crippen LogP contribution in [0.1, 0.15) is 26.7 Å². The fourth-order valence-electron chi connectivity index (χ4n) is 3.67. The molecule has 3 rings (SSSR count). The molecule has 0 radical (unpaired) electrons. The second-order valence-electron chi connectivity index (χ2n) is 7.69. The maximum absolute atomic E-state index is 12.9. The molecule has 0 saturated carbocycles. The third-order valence-corrected chi connectivity index (χ3v) is 5.22. The minimum Gasteiger partial charge on any atom is -0.387 e. The van der Waals surface area contributed by atoms with Gasteiger partial charge in [0.1, 0.15) is 6.61 Å². The number of hydrogen-bond acceptors (Lipinski definition) is 6. The Morgan fingerprint density at radius 2 is 2.00 bits per heavy atom. The van der Waals surface area contributed by atoms with Crippen LogP contribution in [0.5, 0.6) is 0 Å². The Hall–Kier alpha value is -2.88. The summed E-state index contributed by atoms with van der Waals surface area (Å²) in [5.41, 5.74) is 1.02. The summed E-state index contributed by atoms with van der Waals surface area (Å²) in [5.74, 6) is 0.185. The number of aliphatic hydroxyl groups excluding tert-OH is 1. The van der Waals surface area contributed by atoms with Crippen LogP contribution < -0.4 is 21.5 Å². The first-order chi connectivity index (χ1) is 13.7. The first-order valence-electron chi connectivity index (χ1n) is 9.69. The van der Waals surface area contributed by atoms with Crippen molar-refractivity contribution >= 4 is 23.0 Å². The van der Waals surface area contributed by atoms with Gasteiger partial charge in [-0.25, -0.2) is 4.79 Å². The number of aliphatic hydroxyl groups is 1. The van der Waals surface area contributed by atoms with Crippen molar-refractivity contribution in [1.82, 2.24) is 24.0 Å². The number of carbonyl (C=O) groups is 1. The molecule has 2 aromatic heterocycles. The standard InChI is InChI=1S/C19H28N6O4/c1-12(2)7-9-25-15-16(22(3)19(29)23(4)17(15)28)21-18(25)24-8-5-6-13(10-24)20-14(27)11-26/h7,13,26H,5-6,8-11H2,1-4H3,(H,20,27). The lowest BCUT2D eigenvalue weighted by molar-refractivity contribution is -0.124. The van der Waals surface area contributed by atoms with Gasteiger partial charge in [-0.1, -0.05) is 11.6 Å². The van der Waals surface area contributed by atoms with Crippen LogP contribution in [0.25, 0.3) is 11.2 Å². The molecule has 1 unspecified atom stereocenters. The molecule has 10 heteroatoms. The number of nitrogens with one attached hydrogen (secondary N) is 1. The van der Waals surface area contributed by atoms with Crippen LogP contribution in [0.2, 0.25) is 0 Å². The van der Waals surface area contributed by atoms with Crippen molar-refractivity contribution in [2.45, 2.75) is 39.3 Å². The third kappa shape index (κ3) is 3.98. The number of fused-ring (bicyclic) bond motifs is 1. The number of aromatic nitrogens is 4. The highest BCUT2D eigenvalue weighted by Crippen LogP contribution is 2.23. The zero-order valence-electron chi connectivity index (χ0n) is 17.3. The van der Waals surface area contributed by atoms with E-state index < -0.39 is 18.2 Å². The van der Waals surface area contributed by atoms with E-state index in [-0.39, 0.29) is 11.6 Å². The van der Waals surface area contributed by atoms with Crippen molar-refractivity contribution in [3.05, 3.63) is 32.5 Å². The number of rotatable bonds is 5. The van der Waals surface area contributed by atoms with Crippen LogP contribution in [-0.4, -0.2) is 55.4 Å². The highest BCUT2D eigenvalue weighted by Gasteiger charge is 2.27. The molecule has 1 aliphatic rings. The predicted octanol–water partition coefficient (Wildman–Crippen LogP) is -0.523. The van der Waals surface area contributed by atoms with E-state index in [0.29, 0.717) is 30.2 Å². The van der Waals surface area contributed by atoms with Crippen molar-refractivity contribution in [3.8, 4) is 0 Å². The normalized spacial score (nSPS) is 16.9. The van der Waals surface area contributed by atoms with Crippen molar-refractivity contribution in [2.75, 3.05) is 24.6 Å². The first kappa shape index (κ1) is 20.8. The average molecular weight is 404 g/mol. The highest BCUT2D eigenvalue weighted by atomic mass is 16.3. The molecule has 2 aromatic rings. The molecule has 0 aromatic carbocycles. The van der Waals surface area contributed by atoms with E-state index >= 15 is 0 Å². The SMILES string of the molecule is CC(C)=CCn1c(N2CCCC(NC(=O)CO)C2)nc2c1c(=O)n(C)c(=O)n2C. The molecule has 1 saturated heterocycles. The Morgan fingerprint density at radius 1 is 1.28 bits per heavy atom. The van der Waals surface area contributed by atoms with Crippen molar-refractivity contribution in [2.24, 2.45) is 14.1 Å². The number of amides is 1. The summed E-state index contributed by atoms with van der Waals surface area (Å²) in [6, 6.07) is -0.119. The number of anilines is 1. The number of carbonyl (C=O) groups excluding carboxylic acids is 1. The molecule has 0 bridgehead atoms. The molecule has 0 spiro atoms. The van der Waals surface area contributed by atoms with E-state index in [0.717, 1.165) is 29.5 Å². The number of piperidine rings is 1. The fourth-order valence-corrected chi connectivity index (χ4v) is 3.67. The van der Waals surface area contributed by atoms with Gasteiger partial charge in [0.15, 0.2) is 11.2 Å². The van der Waals surface area contributed by atoms with Gasteiger partial charge >= 0.3 is 5.69 Å². The van der Waals surface area contributed by atoms with Crippen molar-refractivity contribution in [1.29, 1.82) is 0 Å². The van der Waals surface area contributed by atoms with Gasteiger partial charge in [0.2, 0.25) is 11.9 Å². The largest absolute Gasteiger partial charge is 0.387 e. The van der Waals surface area contributed by atoms with E-state index in [9.17, 15) is 14.4 Å². The van der Waals surface area contributed by atoms with E-state index in [1.807, 2.05) is 29.4 Å². The van der Waals surface area contributed by atoms with Gasteiger partial charge in [0.05, 0.1) is 0 Å². The molecule has 1 amide bonds. The van der Waals surface area contributed by atoms with Gasteiger partial charge in [-0.15, -0.1) is 0 Å². The summed E-state index contributed by atoms with van der Waals surface area (Å²) in [7, 11) is 3.07. The monoisotopic (exact) mass is 404 g/mol. The number of hydrogen-bond donors (Lipinski definition) is 2. The summed E-state index contributed by atoms with van der Waals surface area (Å²) < 4.78 is 4.31. The molecule has 10 nitrogen and oxygen atoms in total. The molecule has 0 aliphatic carbocycles. The van der Waals surface area contributed by atoms with Crippen LogP contribution in [0.4, 0.5) is 5.95 Å². The van der Waals surface area contributed by atoms with E-state index in [1.54, 1.807) is 7.05 Å². The molecule has 2 N–H and O–H groups in total. The second kappa shape index (κ2) is 8.24. The highest BCUT2D eigenvalue weighted by molar-refractivity contribution is 5.77. The summed E-state index contributed by atoms with van der Waals surface area (Å²) in [6.07, 6.45) is 3.64. The smallest absolute Gasteiger partial charge is 0.332 e. The zero-order valence-corrected chi connectivity index (χ0v) is 17.3. The van der Waals surface area contributed by atoms with Crippen molar-refractivity contribution < 1.29 is 9.90 Å². The number of aryl methyl sites for hydroxylation is 1. The van der Waals surface area contributed by atoms with Gasteiger partial charge < -0.3 is 19.9 Å². The Bertz CT molecular complexity index is 1070. The van der Waals surface area contributed by atoms with E-state index in [2.05, 4.69) is 10.3 Å². The lowest BCUT2D eigenvalue weighted by Crippen LogP contribution is -2.49. The van der Waals surface area contributed by atoms with E-state index in [1.165, 1.54) is 11.6 Å². The van der Waals surface area contributed by atoms with Gasteiger partial charge in [-0.05, 0) is 26.7 Å². The summed E-state index contributed by atoms with van der Waals surface area (Å²) in [4.78, 5) is 43.5. The van der Waals surface area contributed by atoms with Crippen LogP contribution in [0.15, 0.2) is 21.2 Å². The van der Waals surface area contributed by atoms with Gasteiger partial charge in [-0.2, -0.15) is 4.98 Å². The Morgan fingerprint density at radius 3 is 2.66 bits per heavy atom. The molecule has 29 heavy (non-hydrogen) atoms. The van der Waals surface area contributed by atoms with Crippen LogP contribution in [0, 0.1) is 0 Å². The first-order valence-corrected chi connectivity index (χ1v) is 9.69. The van der Waals surface area contributed by atoms with E-state index in [4.69, 9.17) is 5.11 Å². The second-order valence-corrected chi connectivity index (χ2v) is 7.69. The fraction of sp³-hybridized carbons (Fsp3) is 0.579. The molecule has 158 valence electrons. The van der Waals surface area contributed by atoms with Gasteiger partial charge in [-0.3, -0.25) is 18.7 Å². The molecule has 1 fully saturated rings. The average Bonchev–Trinajstić information content (AvgIpc) is 3.09. The Balaban J connectivity index is 2.12. The van der Waals surface area contributed by atoms with Crippen molar-refractivity contribution in [3.63, 3.8) is 0 Å². The van der Waals surface area contributed by atoms with Crippen LogP contribution in [-0.2, 0) is 25.4 Å². The molecule has 1 atom stereocenters. The minimum atomic E-state index is -0.548. The zero-order chi connectivity index (χ0) is 21.3. The van der Waals surface area contributed by atoms with Gasteiger partial charge in [0, 0.05) is 39.8 Å². The Kier molecular flexibility index (Phi) is 5.92. The Labute approximate surface area is 168 Å². The lowest BCUT2D eigenvalue weighted by Gasteiger charge is -2.34. The topological polar surface area (TPSA) is 114 Å².